The molecule has 0 saturated heterocycles. The van der Waals surface area contributed by atoms with Crippen LogP contribution < -0.4 is 5.32 Å². The standard InChI is InChI=1S/C14H20ClN/c1-13(2)12(14(13,3)4)16-9-10-6-5-7-11(15)8-10/h5-8,12,16H,9H2,1-4H3. The molecule has 0 bridgehead atoms. The monoisotopic (exact) mass is 237 g/mol. The van der Waals surface area contributed by atoms with E-state index >= 15 is 0 Å². The van der Waals surface area contributed by atoms with E-state index in [1.165, 1.54) is 5.56 Å². The van der Waals surface area contributed by atoms with Crippen LogP contribution in [-0.2, 0) is 6.54 Å². The highest BCUT2D eigenvalue weighted by atomic mass is 35.5. The first kappa shape index (κ1) is 11.9. The van der Waals surface area contributed by atoms with Crippen molar-refractivity contribution in [2.45, 2.75) is 40.3 Å². The number of nitrogens with one attached hydrogen (secondary N) is 1. The maximum atomic E-state index is 5.96. The first-order valence-corrected chi connectivity index (χ1v) is 6.21. The second kappa shape index (κ2) is 3.75. The van der Waals surface area contributed by atoms with Crippen LogP contribution in [0.25, 0.3) is 0 Å². The van der Waals surface area contributed by atoms with Gasteiger partial charge in [0, 0.05) is 17.6 Å². The minimum atomic E-state index is 0.394. The fourth-order valence-corrected chi connectivity index (χ4v) is 2.79. The molecule has 0 atom stereocenters. The van der Waals surface area contributed by atoms with Crippen molar-refractivity contribution in [2.75, 3.05) is 0 Å². The molecule has 1 aromatic rings. The van der Waals surface area contributed by atoms with Crippen molar-refractivity contribution >= 4 is 11.6 Å². The van der Waals surface area contributed by atoms with Crippen LogP contribution in [-0.4, -0.2) is 6.04 Å². The lowest BCUT2D eigenvalue weighted by molar-refractivity contribution is 0.457. The third kappa shape index (κ3) is 1.87. The van der Waals surface area contributed by atoms with Gasteiger partial charge in [0.15, 0.2) is 0 Å². The third-order valence-corrected chi connectivity index (χ3v) is 4.66. The topological polar surface area (TPSA) is 12.0 Å². The summed E-state index contributed by atoms with van der Waals surface area (Å²) >= 11 is 5.96. The number of hydrogen-bond donors (Lipinski definition) is 1. The summed E-state index contributed by atoms with van der Waals surface area (Å²) in [7, 11) is 0. The molecule has 0 unspecified atom stereocenters. The lowest BCUT2D eigenvalue weighted by Crippen LogP contribution is -2.21. The quantitative estimate of drug-likeness (QED) is 0.842. The molecule has 1 nitrogen and oxygen atoms in total. The Morgan fingerprint density at radius 1 is 1.19 bits per heavy atom. The Labute approximate surface area is 103 Å². The molecule has 0 amide bonds. The molecule has 88 valence electrons. The second-order valence-corrected chi connectivity index (χ2v) is 6.32. The Kier molecular flexibility index (Phi) is 2.80. The molecule has 2 rings (SSSR count). The van der Waals surface area contributed by atoms with Crippen LogP contribution in [0.3, 0.4) is 0 Å². The van der Waals surface area contributed by atoms with Crippen LogP contribution in [0.5, 0.6) is 0 Å². The van der Waals surface area contributed by atoms with Gasteiger partial charge < -0.3 is 5.32 Å². The van der Waals surface area contributed by atoms with Crippen LogP contribution in [0, 0.1) is 10.8 Å². The molecular weight excluding hydrogens is 218 g/mol. The normalized spacial score (nSPS) is 22.1. The lowest BCUT2D eigenvalue weighted by Gasteiger charge is -2.06. The first-order valence-electron chi connectivity index (χ1n) is 5.83. The van der Waals surface area contributed by atoms with E-state index in [4.69, 9.17) is 11.6 Å². The third-order valence-electron chi connectivity index (χ3n) is 4.42. The summed E-state index contributed by atoms with van der Waals surface area (Å²) < 4.78 is 0. The van der Waals surface area contributed by atoms with Gasteiger partial charge in [-0.2, -0.15) is 0 Å². The van der Waals surface area contributed by atoms with E-state index in [0.717, 1.165) is 11.6 Å². The first-order chi connectivity index (χ1) is 7.35. The molecule has 1 aliphatic carbocycles. The molecule has 1 saturated carbocycles. The van der Waals surface area contributed by atoms with Crippen molar-refractivity contribution < 1.29 is 0 Å². The summed E-state index contributed by atoms with van der Waals surface area (Å²) in [5.74, 6) is 0. The van der Waals surface area contributed by atoms with Gasteiger partial charge in [-0.15, -0.1) is 0 Å². The van der Waals surface area contributed by atoms with Crippen LogP contribution in [0.1, 0.15) is 33.3 Å². The molecule has 2 heteroatoms. The zero-order chi connectivity index (χ0) is 12.0. The molecule has 0 aromatic heterocycles. The predicted octanol–water partition coefficient (Wildman–Crippen LogP) is 3.86. The van der Waals surface area contributed by atoms with E-state index in [2.05, 4.69) is 39.1 Å². The van der Waals surface area contributed by atoms with Crippen molar-refractivity contribution in [3.63, 3.8) is 0 Å². The Bertz CT molecular complexity index is 381. The predicted molar refractivity (Wildman–Crippen MR) is 69.6 cm³/mol. The Hall–Kier alpha value is -0.530. The summed E-state index contributed by atoms with van der Waals surface area (Å²) in [5.41, 5.74) is 2.04. The van der Waals surface area contributed by atoms with E-state index in [1.54, 1.807) is 0 Å². The minimum Gasteiger partial charge on any atom is -0.309 e. The Morgan fingerprint density at radius 2 is 1.81 bits per heavy atom. The van der Waals surface area contributed by atoms with Gasteiger partial charge in [0.1, 0.15) is 0 Å². The molecule has 1 aliphatic rings. The Balaban J connectivity index is 1.95. The molecular formula is C14H20ClN. The van der Waals surface area contributed by atoms with Crippen molar-refractivity contribution in [2.24, 2.45) is 10.8 Å². The molecule has 1 fully saturated rings. The maximum absolute atomic E-state index is 5.96. The summed E-state index contributed by atoms with van der Waals surface area (Å²) in [5, 5.41) is 4.44. The molecule has 0 radical (unpaired) electrons. The van der Waals surface area contributed by atoms with Crippen LogP contribution in [0.15, 0.2) is 24.3 Å². The van der Waals surface area contributed by atoms with Crippen molar-refractivity contribution in [3.05, 3.63) is 34.9 Å². The van der Waals surface area contributed by atoms with Gasteiger partial charge in [0.2, 0.25) is 0 Å². The van der Waals surface area contributed by atoms with Crippen LogP contribution >= 0.6 is 11.6 Å². The SMILES string of the molecule is CC1(C)C(NCc2cccc(Cl)c2)C1(C)C. The van der Waals surface area contributed by atoms with Gasteiger partial charge in [-0.05, 0) is 28.5 Å². The average molecular weight is 238 g/mol. The van der Waals surface area contributed by atoms with Gasteiger partial charge >= 0.3 is 0 Å². The number of benzene rings is 1. The van der Waals surface area contributed by atoms with Crippen LogP contribution in [0.2, 0.25) is 5.02 Å². The summed E-state index contributed by atoms with van der Waals surface area (Å²) in [6.45, 7) is 10.2. The highest BCUT2D eigenvalue weighted by Crippen LogP contribution is 2.62. The smallest absolute Gasteiger partial charge is 0.0409 e. The number of halogens is 1. The van der Waals surface area contributed by atoms with E-state index in [-0.39, 0.29) is 0 Å². The zero-order valence-corrected chi connectivity index (χ0v) is 11.2. The molecule has 0 heterocycles. The minimum absolute atomic E-state index is 0.394. The summed E-state index contributed by atoms with van der Waals surface area (Å²) in [4.78, 5) is 0. The highest BCUT2D eigenvalue weighted by molar-refractivity contribution is 6.30. The van der Waals surface area contributed by atoms with E-state index in [1.807, 2.05) is 18.2 Å². The van der Waals surface area contributed by atoms with Gasteiger partial charge in [-0.25, -0.2) is 0 Å². The van der Waals surface area contributed by atoms with Gasteiger partial charge in [-0.1, -0.05) is 51.4 Å². The van der Waals surface area contributed by atoms with Crippen molar-refractivity contribution in [3.8, 4) is 0 Å². The maximum Gasteiger partial charge on any atom is 0.0409 e. The Morgan fingerprint density at radius 3 is 2.31 bits per heavy atom. The van der Waals surface area contributed by atoms with E-state index in [9.17, 15) is 0 Å². The lowest BCUT2D eigenvalue weighted by atomic mass is 10.0. The molecule has 16 heavy (non-hydrogen) atoms. The molecule has 0 aliphatic heterocycles. The average Bonchev–Trinajstić information content (AvgIpc) is 2.55. The zero-order valence-electron chi connectivity index (χ0n) is 10.5. The second-order valence-electron chi connectivity index (χ2n) is 5.89. The van der Waals surface area contributed by atoms with Gasteiger partial charge in [-0.3, -0.25) is 0 Å². The molecule has 1 aromatic carbocycles. The summed E-state index contributed by atoms with van der Waals surface area (Å²) in [6.07, 6.45) is 0. The van der Waals surface area contributed by atoms with Crippen molar-refractivity contribution in [1.29, 1.82) is 0 Å². The van der Waals surface area contributed by atoms with E-state index in [0.29, 0.717) is 16.9 Å². The van der Waals surface area contributed by atoms with Crippen LogP contribution in [0.4, 0.5) is 0 Å². The fourth-order valence-electron chi connectivity index (χ4n) is 2.57. The molecule has 0 spiro atoms. The number of rotatable bonds is 3. The van der Waals surface area contributed by atoms with Gasteiger partial charge in [0.05, 0.1) is 0 Å². The van der Waals surface area contributed by atoms with E-state index < -0.39 is 0 Å². The summed E-state index contributed by atoms with van der Waals surface area (Å²) in [6, 6.07) is 8.65. The van der Waals surface area contributed by atoms with Gasteiger partial charge in [0.25, 0.3) is 0 Å². The molecule has 1 N–H and O–H groups in total. The largest absolute Gasteiger partial charge is 0.309 e. The fraction of sp³-hybridized carbons (Fsp3) is 0.571. The number of hydrogen-bond acceptors (Lipinski definition) is 1. The van der Waals surface area contributed by atoms with Crippen molar-refractivity contribution in [1.82, 2.24) is 5.32 Å². The highest BCUT2D eigenvalue weighted by Gasteiger charge is 2.64.